The van der Waals surface area contributed by atoms with Crippen molar-refractivity contribution >= 4 is 0 Å². The zero-order valence-corrected chi connectivity index (χ0v) is 12.0. The van der Waals surface area contributed by atoms with Crippen molar-refractivity contribution in [3.63, 3.8) is 0 Å². The maximum Gasteiger partial charge on any atom is 0.0707 e. The molecule has 0 aromatic carbocycles. The van der Waals surface area contributed by atoms with E-state index in [0.717, 1.165) is 18.9 Å². The number of nitrogens with two attached hydrogens (primary N) is 1. The predicted molar refractivity (Wildman–Crippen MR) is 74.7 cm³/mol. The SMILES string of the molecule is CN(C)CC1CCN(CC2CCC(CN)O2)CC1. The van der Waals surface area contributed by atoms with Crippen LogP contribution < -0.4 is 5.73 Å². The van der Waals surface area contributed by atoms with Crippen molar-refractivity contribution in [1.29, 1.82) is 0 Å². The summed E-state index contributed by atoms with van der Waals surface area (Å²) in [6.07, 6.45) is 5.78. The monoisotopic (exact) mass is 255 g/mol. The van der Waals surface area contributed by atoms with Crippen LogP contribution in [-0.4, -0.2) is 68.8 Å². The average Bonchev–Trinajstić information content (AvgIpc) is 2.79. The quantitative estimate of drug-likeness (QED) is 0.788. The van der Waals surface area contributed by atoms with Gasteiger partial charge in [-0.15, -0.1) is 0 Å². The minimum Gasteiger partial charge on any atom is -0.372 e. The molecule has 0 saturated carbocycles. The summed E-state index contributed by atoms with van der Waals surface area (Å²) in [7, 11) is 4.34. The molecule has 2 aliphatic rings. The molecule has 106 valence electrons. The predicted octanol–water partition coefficient (Wildman–Crippen LogP) is 0.766. The third-order valence-corrected chi connectivity index (χ3v) is 4.25. The molecule has 0 bridgehead atoms. The molecule has 0 aromatic heterocycles. The molecule has 2 N–H and O–H groups in total. The van der Waals surface area contributed by atoms with Crippen LogP contribution in [0.15, 0.2) is 0 Å². The lowest BCUT2D eigenvalue weighted by Crippen LogP contribution is -2.41. The van der Waals surface area contributed by atoms with Gasteiger partial charge in [-0.2, -0.15) is 0 Å². The smallest absolute Gasteiger partial charge is 0.0707 e. The Morgan fingerprint density at radius 3 is 2.33 bits per heavy atom. The Bertz CT molecular complexity index is 239. The van der Waals surface area contributed by atoms with Gasteiger partial charge < -0.3 is 20.3 Å². The second kappa shape index (κ2) is 6.85. The summed E-state index contributed by atoms with van der Waals surface area (Å²) >= 11 is 0. The minimum absolute atomic E-state index is 0.321. The summed E-state index contributed by atoms with van der Waals surface area (Å²) < 4.78 is 5.93. The number of hydrogen-bond donors (Lipinski definition) is 1. The van der Waals surface area contributed by atoms with Gasteiger partial charge in [0.2, 0.25) is 0 Å². The molecule has 0 radical (unpaired) electrons. The van der Waals surface area contributed by atoms with Crippen molar-refractivity contribution in [2.45, 2.75) is 37.9 Å². The van der Waals surface area contributed by atoms with E-state index < -0.39 is 0 Å². The van der Waals surface area contributed by atoms with Gasteiger partial charge in [0, 0.05) is 19.6 Å². The molecule has 2 rings (SSSR count). The van der Waals surface area contributed by atoms with Gasteiger partial charge in [-0.25, -0.2) is 0 Å². The number of nitrogens with zero attached hydrogens (tertiary/aromatic N) is 2. The fourth-order valence-electron chi connectivity index (χ4n) is 3.24. The van der Waals surface area contributed by atoms with Crippen molar-refractivity contribution in [3.05, 3.63) is 0 Å². The molecule has 0 spiro atoms. The van der Waals surface area contributed by atoms with Crippen LogP contribution in [0.4, 0.5) is 0 Å². The van der Waals surface area contributed by atoms with Crippen molar-refractivity contribution in [1.82, 2.24) is 9.80 Å². The Kier molecular flexibility index (Phi) is 5.42. The zero-order valence-electron chi connectivity index (χ0n) is 12.0. The first-order valence-electron chi connectivity index (χ1n) is 7.40. The van der Waals surface area contributed by atoms with Crippen LogP contribution in [0.5, 0.6) is 0 Å². The van der Waals surface area contributed by atoms with Crippen LogP contribution in [0.25, 0.3) is 0 Å². The first-order chi connectivity index (χ1) is 8.67. The van der Waals surface area contributed by atoms with Gasteiger partial charge in [-0.1, -0.05) is 0 Å². The van der Waals surface area contributed by atoms with Crippen LogP contribution in [0, 0.1) is 5.92 Å². The topological polar surface area (TPSA) is 41.7 Å². The highest BCUT2D eigenvalue weighted by Gasteiger charge is 2.27. The lowest BCUT2D eigenvalue weighted by Gasteiger charge is -2.34. The first kappa shape index (κ1) is 14.3. The molecule has 0 aromatic rings. The van der Waals surface area contributed by atoms with Crippen LogP contribution >= 0.6 is 0 Å². The molecule has 2 atom stereocenters. The van der Waals surface area contributed by atoms with Gasteiger partial charge in [0.15, 0.2) is 0 Å². The highest BCUT2D eigenvalue weighted by Crippen LogP contribution is 2.23. The molecule has 18 heavy (non-hydrogen) atoms. The van der Waals surface area contributed by atoms with E-state index in [1.165, 1.54) is 38.9 Å². The second-order valence-electron chi connectivity index (χ2n) is 6.20. The molecule has 0 amide bonds. The fraction of sp³-hybridized carbons (Fsp3) is 1.00. The van der Waals surface area contributed by atoms with Gasteiger partial charge in [0.1, 0.15) is 0 Å². The third-order valence-electron chi connectivity index (χ3n) is 4.25. The summed E-state index contributed by atoms with van der Waals surface area (Å²) in [5.74, 6) is 0.887. The van der Waals surface area contributed by atoms with E-state index in [2.05, 4.69) is 23.9 Å². The number of piperidine rings is 1. The van der Waals surface area contributed by atoms with E-state index in [1.807, 2.05) is 0 Å². The van der Waals surface area contributed by atoms with Crippen LogP contribution in [0.1, 0.15) is 25.7 Å². The number of ether oxygens (including phenoxy) is 1. The molecule has 4 heteroatoms. The van der Waals surface area contributed by atoms with Gasteiger partial charge in [0.05, 0.1) is 12.2 Å². The summed E-state index contributed by atoms with van der Waals surface area (Å²) in [6, 6.07) is 0. The van der Waals surface area contributed by atoms with Gasteiger partial charge >= 0.3 is 0 Å². The Labute approximate surface area is 111 Å². The molecule has 2 fully saturated rings. The average molecular weight is 255 g/mol. The minimum atomic E-state index is 0.321. The summed E-state index contributed by atoms with van der Waals surface area (Å²) in [6.45, 7) is 5.52. The molecule has 2 heterocycles. The molecule has 2 saturated heterocycles. The Morgan fingerprint density at radius 1 is 1.11 bits per heavy atom. The third kappa shape index (κ3) is 4.19. The normalized spacial score (nSPS) is 31.3. The fourth-order valence-corrected chi connectivity index (χ4v) is 3.24. The zero-order chi connectivity index (χ0) is 13.0. The van der Waals surface area contributed by atoms with Gasteiger partial charge in [-0.05, 0) is 58.8 Å². The van der Waals surface area contributed by atoms with E-state index in [0.29, 0.717) is 18.8 Å². The van der Waals surface area contributed by atoms with E-state index in [-0.39, 0.29) is 0 Å². The lowest BCUT2D eigenvalue weighted by molar-refractivity contribution is 0.0190. The van der Waals surface area contributed by atoms with Crippen LogP contribution in [0.3, 0.4) is 0 Å². The highest BCUT2D eigenvalue weighted by molar-refractivity contribution is 4.80. The Morgan fingerprint density at radius 2 is 1.78 bits per heavy atom. The van der Waals surface area contributed by atoms with E-state index in [1.54, 1.807) is 0 Å². The van der Waals surface area contributed by atoms with Crippen molar-refractivity contribution < 1.29 is 4.74 Å². The highest BCUT2D eigenvalue weighted by atomic mass is 16.5. The van der Waals surface area contributed by atoms with E-state index >= 15 is 0 Å². The Balaban J connectivity index is 1.65. The second-order valence-corrected chi connectivity index (χ2v) is 6.20. The Hall–Kier alpha value is -0.160. The number of rotatable bonds is 5. The first-order valence-corrected chi connectivity index (χ1v) is 7.40. The van der Waals surface area contributed by atoms with E-state index in [4.69, 9.17) is 10.5 Å². The number of hydrogen-bond acceptors (Lipinski definition) is 4. The molecular formula is C14H29N3O. The maximum atomic E-state index is 5.93. The molecule has 0 aliphatic carbocycles. The van der Waals surface area contributed by atoms with E-state index in [9.17, 15) is 0 Å². The maximum absolute atomic E-state index is 5.93. The standard InChI is InChI=1S/C14H29N3O/c1-16(2)10-12-5-7-17(8-6-12)11-14-4-3-13(9-15)18-14/h12-14H,3-11,15H2,1-2H3. The molecule has 2 aliphatic heterocycles. The summed E-state index contributed by atoms with van der Waals surface area (Å²) in [4.78, 5) is 4.89. The van der Waals surface area contributed by atoms with Crippen molar-refractivity contribution in [2.75, 3.05) is 46.8 Å². The summed E-state index contributed by atoms with van der Waals surface area (Å²) in [5, 5.41) is 0. The largest absolute Gasteiger partial charge is 0.372 e. The summed E-state index contributed by atoms with van der Waals surface area (Å²) in [5.41, 5.74) is 5.65. The van der Waals surface area contributed by atoms with Gasteiger partial charge in [0.25, 0.3) is 0 Å². The van der Waals surface area contributed by atoms with Crippen LogP contribution in [0.2, 0.25) is 0 Å². The molecule has 4 nitrogen and oxygen atoms in total. The molecular weight excluding hydrogens is 226 g/mol. The van der Waals surface area contributed by atoms with Crippen molar-refractivity contribution in [3.8, 4) is 0 Å². The van der Waals surface area contributed by atoms with Gasteiger partial charge in [-0.3, -0.25) is 0 Å². The van der Waals surface area contributed by atoms with Crippen molar-refractivity contribution in [2.24, 2.45) is 11.7 Å². The molecule has 2 unspecified atom stereocenters. The number of likely N-dealkylation sites (tertiary alicyclic amines) is 1. The van der Waals surface area contributed by atoms with Crippen LogP contribution in [-0.2, 0) is 4.74 Å². The lowest BCUT2D eigenvalue weighted by atomic mass is 9.96.